The quantitative estimate of drug-likeness (QED) is 0.784. The van der Waals surface area contributed by atoms with Crippen LogP contribution in [0.1, 0.15) is 6.42 Å². The number of carbonyl (C=O) groups is 2. The zero-order chi connectivity index (χ0) is 19.1. The third-order valence-corrected chi connectivity index (χ3v) is 5.19. The Morgan fingerprint density at radius 3 is 2.48 bits per heavy atom. The topological polar surface area (TPSA) is 65.1 Å². The van der Waals surface area contributed by atoms with Crippen molar-refractivity contribution >= 4 is 29.1 Å². The van der Waals surface area contributed by atoms with Crippen molar-refractivity contribution in [3.05, 3.63) is 29.3 Å². The number of hydrogen-bond donors (Lipinski definition) is 1. The van der Waals surface area contributed by atoms with Gasteiger partial charge in [-0.2, -0.15) is 0 Å². The Kier molecular flexibility index (Phi) is 7.46. The standard InChI is InChI=1S/C19H27ClN4O3/c20-16-2-1-3-17(14-16)21-18(25)4-5-22-6-8-24(9-7-22)19(26)15-23-10-12-27-13-11-23/h1-3,14H,4-13,15H2,(H,21,25). The van der Waals surface area contributed by atoms with Crippen molar-refractivity contribution in [1.29, 1.82) is 0 Å². The fraction of sp³-hybridized carbons (Fsp3) is 0.579. The van der Waals surface area contributed by atoms with E-state index in [1.54, 1.807) is 12.1 Å². The molecule has 2 heterocycles. The molecule has 2 aliphatic heterocycles. The number of amides is 2. The monoisotopic (exact) mass is 394 g/mol. The summed E-state index contributed by atoms with van der Waals surface area (Å²) in [5.41, 5.74) is 0.714. The maximum Gasteiger partial charge on any atom is 0.236 e. The molecule has 0 aromatic heterocycles. The number of hydrogen-bond acceptors (Lipinski definition) is 5. The molecule has 27 heavy (non-hydrogen) atoms. The van der Waals surface area contributed by atoms with E-state index >= 15 is 0 Å². The summed E-state index contributed by atoms with van der Waals surface area (Å²) in [6, 6.07) is 7.14. The molecular weight excluding hydrogens is 368 g/mol. The number of benzene rings is 1. The molecule has 148 valence electrons. The highest BCUT2D eigenvalue weighted by molar-refractivity contribution is 6.30. The smallest absolute Gasteiger partial charge is 0.236 e. The lowest BCUT2D eigenvalue weighted by Crippen LogP contribution is -2.52. The largest absolute Gasteiger partial charge is 0.379 e. The Labute approximate surface area is 165 Å². The van der Waals surface area contributed by atoms with Gasteiger partial charge in [-0.05, 0) is 18.2 Å². The lowest BCUT2D eigenvalue weighted by atomic mass is 10.2. The summed E-state index contributed by atoms with van der Waals surface area (Å²) in [7, 11) is 0. The molecule has 1 aromatic carbocycles. The second-order valence-corrected chi connectivity index (χ2v) is 7.36. The van der Waals surface area contributed by atoms with Gasteiger partial charge in [0.05, 0.1) is 19.8 Å². The van der Waals surface area contributed by atoms with Crippen LogP contribution in [0.15, 0.2) is 24.3 Å². The zero-order valence-corrected chi connectivity index (χ0v) is 16.3. The molecule has 0 unspecified atom stereocenters. The van der Waals surface area contributed by atoms with E-state index in [4.69, 9.17) is 16.3 Å². The van der Waals surface area contributed by atoms with Gasteiger partial charge in [-0.15, -0.1) is 0 Å². The minimum Gasteiger partial charge on any atom is -0.379 e. The number of nitrogens with zero attached hydrogens (tertiary/aromatic N) is 3. The third kappa shape index (κ3) is 6.46. The summed E-state index contributed by atoms with van der Waals surface area (Å²) >= 11 is 5.93. The van der Waals surface area contributed by atoms with Gasteiger partial charge in [0.2, 0.25) is 11.8 Å². The number of piperazine rings is 1. The average molecular weight is 395 g/mol. The molecule has 2 saturated heterocycles. The molecule has 2 amide bonds. The summed E-state index contributed by atoms with van der Waals surface area (Å²) in [5.74, 6) is 0.165. The number of rotatable bonds is 6. The Morgan fingerprint density at radius 1 is 1.04 bits per heavy atom. The van der Waals surface area contributed by atoms with Crippen molar-refractivity contribution in [3.63, 3.8) is 0 Å². The van der Waals surface area contributed by atoms with Crippen molar-refractivity contribution in [2.45, 2.75) is 6.42 Å². The first kappa shape index (κ1) is 20.1. The minimum atomic E-state index is -0.0249. The number of halogens is 1. The van der Waals surface area contributed by atoms with Gasteiger partial charge in [0.15, 0.2) is 0 Å². The number of nitrogens with one attached hydrogen (secondary N) is 1. The van der Waals surface area contributed by atoms with Crippen LogP contribution in [-0.2, 0) is 14.3 Å². The SMILES string of the molecule is O=C(CCN1CCN(C(=O)CN2CCOCC2)CC1)Nc1cccc(Cl)c1. The van der Waals surface area contributed by atoms with Crippen LogP contribution in [0.4, 0.5) is 5.69 Å². The van der Waals surface area contributed by atoms with Crippen LogP contribution >= 0.6 is 11.6 Å². The van der Waals surface area contributed by atoms with Gasteiger partial charge in [0, 0.05) is 62.9 Å². The molecule has 2 aliphatic rings. The summed E-state index contributed by atoms with van der Waals surface area (Å²) in [6.07, 6.45) is 0.425. The third-order valence-electron chi connectivity index (χ3n) is 4.95. The van der Waals surface area contributed by atoms with Gasteiger partial charge >= 0.3 is 0 Å². The van der Waals surface area contributed by atoms with Crippen molar-refractivity contribution < 1.29 is 14.3 Å². The highest BCUT2D eigenvalue weighted by atomic mass is 35.5. The molecule has 8 heteroatoms. The Morgan fingerprint density at radius 2 is 1.78 bits per heavy atom. The average Bonchev–Trinajstić information content (AvgIpc) is 2.67. The fourth-order valence-electron chi connectivity index (χ4n) is 3.32. The molecular formula is C19H27ClN4O3. The van der Waals surface area contributed by atoms with Crippen LogP contribution in [0, 0.1) is 0 Å². The van der Waals surface area contributed by atoms with Crippen LogP contribution in [0.5, 0.6) is 0 Å². The lowest BCUT2D eigenvalue weighted by molar-refractivity contribution is -0.135. The van der Waals surface area contributed by atoms with Crippen LogP contribution in [-0.4, -0.2) is 92.1 Å². The van der Waals surface area contributed by atoms with Gasteiger partial charge in [-0.1, -0.05) is 17.7 Å². The van der Waals surface area contributed by atoms with Crippen molar-refractivity contribution in [3.8, 4) is 0 Å². The van der Waals surface area contributed by atoms with E-state index in [1.807, 2.05) is 17.0 Å². The Balaban J connectivity index is 1.34. The predicted octanol–water partition coefficient (Wildman–Crippen LogP) is 1.15. The Hall–Kier alpha value is -1.67. The van der Waals surface area contributed by atoms with E-state index in [2.05, 4.69) is 15.1 Å². The molecule has 1 N–H and O–H groups in total. The number of anilines is 1. The van der Waals surface area contributed by atoms with E-state index in [1.165, 1.54) is 0 Å². The molecule has 0 radical (unpaired) electrons. The van der Waals surface area contributed by atoms with Gasteiger partial charge in [0.1, 0.15) is 0 Å². The maximum atomic E-state index is 12.4. The summed E-state index contributed by atoms with van der Waals surface area (Å²) in [4.78, 5) is 30.8. The normalized spacial score (nSPS) is 19.1. The van der Waals surface area contributed by atoms with Crippen molar-refractivity contribution in [2.24, 2.45) is 0 Å². The highest BCUT2D eigenvalue weighted by Gasteiger charge is 2.23. The van der Waals surface area contributed by atoms with Gasteiger partial charge in [-0.3, -0.25) is 19.4 Å². The molecule has 1 aromatic rings. The molecule has 0 spiro atoms. The maximum absolute atomic E-state index is 12.4. The van der Waals surface area contributed by atoms with Crippen molar-refractivity contribution in [1.82, 2.24) is 14.7 Å². The summed E-state index contributed by atoms with van der Waals surface area (Å²) in [5, 5.41) is 3.47. The zero-order valence-electron chi connectivity index (χ0n) is 15.5. The first-order valence-corrected chi connectivity index (χ1v) is 9.83. The van der Waals surface area contributed by atoms with Crippen LogP contribution in [0.25, 0.3) is 0 Å². The lowest BCUT2D eigenvalue weighted by Gasteiger charge is -2.36. The first-order chi connectivity index (χ1) is 13.1. The summed E-state index contributed by atoms with van der Waals surface area (Å²) < 4.78 is 5.32. The van der Waals surface area contributed by atoms with Gasteiger partial charge in [0.25, 0.3) is 0 Å². The van der Waals surface area contributed by atoms with Crippen LogP contribution < -0.4 is 5.32 Å². The van der Waals surface area contributed by atoms with E-state index in [0.717, 1.165) is 39.3 Å². The summed E-state index contributed by atoms with van der Waals surface area (Å²) in [6.45, 7) is 7.29. The second-order valence-electron chi connectivity index (χ2n) is 6.92. The molecule has 3 rings (SSSR count). The predicted molar refractivity (Wildman–Crippen MR) is 105 cm³/mol. The van der Waals surface area contributed by atoms with Crippen molar-refractivity contribution in [2.75, 3.05) is 70.9 Å². The highest BCUT2D eigenvalue weighted by Crippen LogP contribution is 2.15. The second kappa shape index (κ2) is 10.0. The molecule has 0 bridgehead atoms. The van der Waals surface area contributed by atoms with E-state index in [0.29, 0.717) is 43.4 Å². The fourth-order valence-corrected chi connectivity index (χ4v) is 3.51. The molecule has 0 aliphatic carbocycles. The molecule has 0 atom stereocenters. The van der Waals surface area contributed by atoms with E-state index < -0.39 is 0 Å². The van der Waals surface area contributed by atoms with Crippen LogP contribution in [0.2, 0.25) is 5.02 Å². The number of ether oxygens (including phenoxy) is 1. The van der Waals surface area contributed by atoms with Gasteiger partial charge < -0.3 is 15.0 Å². The number of carbonyl (C=O) groups excluding carboxylic acids is 2. The molecule has 7 nitrogen and oxygen atoms in total. The number of morpholine rings is 1. The van der Waals surface area contributed by atoms with E-state index in [-0.39, 0.29) is 11.8 Å². The van der Waals surface area contributed by atoms with E-state index in [9.17, 15) is 9.59 Å². The Bertz CT molecular complexity index is 644. The molecule has 0 saturated carbocycles. The van der Waals surface area contributed by atoms with Crippen LogP contribution in [0.3, 0.4) is 0 Å². The molecule has 2 fully saturated rings. The minimum absolute atomic E-state index is 0.0249. The first-order valence-electron chi connectivity index (χ1n) is 9.46. The van der Waals surface area contributed by atoms with Gasteiger partial charge in [-0.25, -0.2) is 0 Å².